The Balaban J connectivity index is 1.85. The van der Waals surface area contributed by atoms with Crippen LogP contribution in [0.5, 0.6) is 0 Å². The Morgan fingerprint density at radius 1 is 1.44 bits per heavy atom. The molecule has 1 saturated carbocycles. The highest BCUT2D eigenvalue weighted by Gasteiger charge is 2.14. The maximum absolute atomic E-state index is 5.51. The number of nitrogens with one attached hydrogen (secondary N) is 1. The van der Waals surface area contributed by atoms with Gasteiger partial charge in [-0.15, -0.1) is 0 Å². The SMILES string of the molecule is NC(=S)Nc1cccnc1CCCC1CCCC1. The van der Waals surface area contributed by atoms with Crippen LogP contribution in [0.3, 0.4) is 0 Å². The van der Waals surface area contributed by atoms with Crippen LogP contribution in [-0.4, -0.2) is 10.1 Å². The van der Waals surface area contributed by atoms with Gasteiger partial charge < -0.3 is 11.1 Å². The van der Waals surface area contributed by atoms with Crippen molar-refractivity contribution in [3.05, 3.63) is 24.0 Å². The second kappa shape index (κ2) is 6.69. The molecule has 18 heavy (non-hydrogen) atoms. The highest BCUT2D eigenvalue weighted by molar-refractivity contribution is 7.80. The van der Waals surface area contributed by atoms with Gasteiger partial charge in [0, 0.05) is 6.20 Å². The largest absolute Gasteiger partial charge is 0.376 e. The third-order valence-corrected chi connectivity index (χ3v) is 3.75. The number of anilines is 1. The standard InChI is InChI=1S/C14H21N3S/c15-14(18)17-13-9-4-10-16-12(13)8-3-7-11-5-1-2-6-11/h4,9-11H,1-3,5-8H2,(H3,15,17,18). The quantitative estimate of drug-likeness (QED) is 0.801. The van der Waals surface area contributed by atoms with Gasteiger partial charge >= 0.3 is 0 Å². The lowest BCUT2D eigenvalue weighted by Gasteiger charge is -2.11. The lowest BCUT2D eigenvalue weighted by molar-refractivity contribution is 0.482. The summed E-state index contributed by atoms with van der Waals surface area (Å²) in [4.78, 5) is 4.42. The highest BCUT2D eigenvalue weighted by Crippen LogP contribution is 2.29. The van der Waals surface area contributed by atoms with Crippen LogP contribution in [-0.2, 0) is 6.42 Å². The zero-order valence-corrected chi connectivity index (χ0v) is 11.5. The molecule has 1 aromatic rings. The van der Waals surface area contributed by atoms with E-state index < -0.39 is 0 Å². The summed E-state index contributed by atoms with van der Waals surface area (Å²) < 4.78 is 0. The fourth-order valence-corrected chi connectivity index (χ4v) is 2.85. The number of hydrogen-bond donors (Lipinski definition) is 2. The molecule has 0 radical (unpaired) electrons. The predicted octanol–water partition coefficient (Wildman–Crippen LogP) is 3.25. The van der Waals surface area contributed by atoms with Crippen LogP contribution in [0, 0.1) is 5.92 Å². The van der Waals surface area contributed by atoms with Gasteiger partial charge in [0.15, 0.2) is 5.11 Å². The van der Waals surface area contributed by atoms with E-state index in [4.69, 9.17) is 18.0 Å². The van der Waals surface area contributed by atoms with Gasteiger partial charge in [0.25, 0.3) is 0 Å². The van der Waals surface area contributed by atoms with E-state index in [0.29, 0.717) is 5.11 Å². The summed E-state index contributed by atoms with van der Waals surface area (Å²) in [6.45, 7) is 0. The van der Waals surface area contributed by atoms with E-state index in [1.165, 1.54) is 38.5 Å². The first-order valence-electron chi connectivity index (χ1n) is 6.76. The van der Waals surface area contributed by atoms with E-state index >= 15 is 0 Å². The zero-order valence-electron chi connectivity index (χ0n) is 10.7. The molecule has 4 heteroatoms. The molecule has 3 nitrogen and oxygen atoms in total. The van der Waals surface area contributed by atoms with Crippen molar-refractivity contribution in [1.82, 2.24) is 4.98 Å². The maximum atomic E-state index is 5.51. The van der Waals surface area contributed by atoms with Gasteiger partial charge in [-0.1, -0.05) is 32.1 Å². The molecule has 0 spiro atoms. The van der Waals surface area contributed by atoms with E-state index in [0.717, 1.165) is 23.7 Å². The minimum Gasteiger partial charge on any atom is -0.376 e. The molecular weight excluding hydrogens is 242 g/mol. The van der Waals surface area contributed by atoms with E-state index in [2.05, 4.69) is 10.3 Å². The minimum absolute atomic E-state index is 0.306. The summed E-state index contributed by atoms with van der Waals surface area (Å²) >= 11 is 4.88. The van der Waals surface area contributed by atoms with E-state index in [-0.39, 0.29) is 0 Å². The summed E-state index contributed by atoms with van der Waals surface area (Å²) in [5.41, 5.74) is 7.54. The lowest BCUT2D eigenvalue weighted by Crippen LogP contribution is -2.20. The fourth-order valence-electron chi connectivity index (χ4n) is 2.74. The third kappa shape index (κ3) is 3.95. The molecule has 1 aliphatic rings. The van der Waals surface area contributed by atoms with E-state index in [9.17, 15) is 0 Å². The van der Waals surface area contributed by atoms with Crippen LogP contribution in [0.15, 0.2) is 18.3 Å². The Morgan fingerprint density at radius 2 is 2.22 bits per heavy atom. The van der Waals surface area contributed by atoms with Gasteiger partial charge in [-0.25, -0.2) is 0 Å². The monoisotopic (exact) mass is 263 g/mol. The molecule has 1 heterocycles. The molecule has 0 amide bonds. The van der Waals surface area contributed by atoms with Crippen molar-refractivity contribution >= 4 is 23.0 Å². The molecule has 0 atom stereocenters. The Hall–Kier alpha value is -1.16. The molecule has 1 aromatic heterocycles. The Labute approximate surface area is 114 Å². The maximum Gasteiger partial charge on any atom is 0.168 e. The first kappa shape index (κ1) is 13.3. The van der Waals surface area contributed by atoms with Crippen LogP contribution in [0.4, 0.5) is 5.69 Å². The molecule has 0 unspecified atom stereocenters. The Kier molecular flexibility index (Phi) is 4.93. The van der Waals surface area contributed by atoms with Crippen molar-refractivity contribution in [2.75, 3.05) is 5.32 Å². The van der Waals surface area contributed by atoms with Crippen molar-refractivity contribution < 1.29 is 0 Å². The van der Waals surface area contributed by atoms with Gasteiger partial charge in [0.2, 0.25) is 0 Å². The average Bonchev–Trinajstić information content (AvgIpc) is 2.84. The van der Waals surface area contributed by atoms with Gasteiger partial charge in [0.1, 0.15) is 0 Å². The van der Waals surface area contributed by atoms with Crippen LogP contribution in [0.1, 0.15) is 44.2 Å². The molecule has 2 rings (SSSR count). The van der Waals surface area contributed by atoms with Gasteiger partial charge in [-0.05, 0) is 43.1 Å². The second-order valence-electron chi connectivity index (χ2n) is 5.03. The summed E-state index contributed by atoms with van der Waals surface area (Å²) in [6, 6.07) is 3.89. The topological polar surface area (TPSA) is 50.9 Å². The highest BCUT2D eigenvalue weighted by atomic mass is 32.1. The molecule has 0 bridgehead atoms. The molecule has 1 aliphatic carbocycles. The first-order chi connectivity index (χ1) is 8.75. The van der Waals surface area contributed by atoms with Gasteiger partial charge in [0.05, 0.1) is 11.4 Å². The van der Waals surface area contributed by atoms with Crippen molar-refractivity contribution in [3.63, 3.8) is 0 Å². The molecule has 1 fully saturated rings. The van der Waals surface area contributed by atoms with E-state index in [1.54, 1.807) is 0 Å². The molecule has 0 saturated heterocycles. The summed E-state index contributed by atoms with van der Waals surface area (Å²) in [5, 5.41) is 3.30. The number of nitrogens with zero attached hydrogens (tertiary/aromatic N) is 1. The molecular formula is C14H21N3S. The summed E-state index contributed by atoms with van der Waals surface area (Å²) in [5.74, 6) is 0.945. The second-order valence-corrected chi connectivity index (χ2v) is 5.47. The number of thiocarbonyl (C=S) groups is 1. The molecule has 0 aromatic carbocycles. The summed E-state index contributed by atoms with van der Waals surface area (Å²) in [6.07, 6.45) is 11.0. The number of rotatable bonds is 5. The first-order valence-corrected chi connectivity index (χ1v) is 7.17. The predicted molar refractivity (Wildman–Crippen MR) is 79.5 cm³/mol. The van der Waals surface area contributed by atoms with Crippen molar-refractivity contribution in [2.24, 2.45) is 11.7 Å². The lowest BCUT2D eigenvalue weighted by atomic mass is 9.99. The van der Waals surface area contributed by atoms with Gasteiger partial charge in [-0.2, -0.15) is 0 Å². The van der Waals surface area contributed by atoms with Crippen LogP contribution in [0.2, 0.25) is 0 Å². The Morgan fingerprint density at radius 3 is 2.94 bits per heavy atom. The number of nitrogens with two attached hydrogens (primary N) is 1. The molecule has 3 N–H and O–H groups in total. The minimum atomic E-state index is 0.306. The normalized spacial score (nSPS) is 15.8. The smallest absolute Gasteiger partial charge is 0.168 e. The zero-order chi connectivity index (χ0) is 12.8. The van der Waals surface area contributed by atoms with Gasteiger partial charge in [-0.3, -0.25) is 4.98 Å². The Bertz CT molecular complexity index is 400. The van der Waals surface area contributed by atoms with Crippen molar-refractivity contribution in [2.45, 2.75) is 44.9 Å². The molecule has 98 valence electrons. The fraction of sp³-hybridized carbons (Fsp3) is 0.571. The van der Waals surface area contributed by atoms with Crippen LogP contribution in [0.25, 0.3) is 0 Å². The number of aromatic nitrogens is 1. The number of aryl methyl sites for hydroxylation is 1. The third-order valence-electron chi connectivity index (χ3n) is 3.65. The summed E-state index contributed by atoms with van der Waals surface area (Å²) in [7, 11) is 0. The van der Waals surface area contributed by atoms with Crippen LogP contribution >= 0.6 is 12.2 Å². The number of hydrogen-bond acceptors (Lipinski definition) is 2. The van der Waals surface area contributed by atoms with Crippen molar-refractivity contribution in [3.8, 4) is 0 Å². The van der Waals surface area contributed by atoms with E-state index in [1.807, 2.05) is 18.3 Å². The average molecular weight is 263 g/mol. The van der Waals surface area contributed by atoms with Crippen molar-refractivity contribution in [1.29, 1.82) is 0 Å². The number of pyridine rings is 1. The van der Waals surface area contributed by atoms with Crippen LogP contribution < -0.4 is 11.1 Å². The molecule has 0 aliphatic heterocycles.